The second kappa shape index (κ2) is 7.29. The number of carbonyl (C=O) groups excluding carboxylic acids is 2. The Morgan fingerprint density at radius 2 is 2.27 bits per heavy atom. The van der Waals surface area contributed by atoms with Crippen molar-refractivity contribution in [2.75, 3.05) is 6.61 Å². The van der Waals surface area contributed by atoms with Gasteiger partial charge < -0.3 is 9.15 Å². The fourth-order valence-corrected chi connectivity index (χ4v) is 3.86. The normalized spacial score (nSPS) is 10.2. The Bertz CT molecular complexity index is 726. The minimum Gasteiger partial charge on any atom is -0.462 e. The second-order valence-electron chi connectivity index (χ2n) is 4.30. The smallest absolute Gasteiger partial charge is 0.348 e. The lowest BCUT2D eigenvalue weighted by molar-refractivity contribution is 0.0531. The molecule has 2 aromatic rings. The molecule has 0 aliphatic rings. The van der Waals surface area contributed by atoms with Crippen molar-refractivity contribution in [1.82, 2.24) is 0 Å². The first-order valence-electron chi connectivity index (χ1n) is 6.50. The molecule has 0 atom stereocenters. The Morgan fingerprint density at radius 3 is 2.86 bits per heavy atom. The van der Waals surface area contributed by atoms with Crippen molar-refractivity contribution < 1.29 is 18.7 Å². The van der Waals surface area contributed by atoms with Gasteiger partial charge in [-0.15, -0.1) is 11.3 Å². The number of rotatable bonds is 6. The van der Waals surface area contributed by atoms with E-state index < -0.39 is 5.97 Å². The molecule has 0 amide bonds. The lowest BCUT2D eigenvalue weighted by Crippen LogP contribution is -2.03. The van der Waals surface area contributed by atoms with Crippen molar-refractivity contribution in [3.8, 4) is 5.40 Å². The highest BCUT2D eigenvalue weighted by atomic mass is 32.2. The molecule has 5 nitrogen and oxygen atoms in total. The third kappa shape index (κ3) is 3.40. The van der Waals surface area contributed by atoms with E-state index in [2.05, 4.69) is 0 Å². The Labute approximate surface area is 135 Å². The molecule has 0 saturated heterocycles. The summed E-state index contributed by atoms with van der Waals surface area (Å²) in [5.74, 6) is -0.361. The van der Waals surface area contributed by atoms with E-state index in [-0.39, 0.29) is 24.6 Å². The topological polar surface area (TPSA) is 80.3 Å². The molecule has 2 heterocycles. The Hall–Kier alpha value is -2.04. The largest absolute Gasteiger partial charge is 0.462 e. The number of hydrogen-bond donors (Lipinski definition) is 0. The predicted molar refractivity (Wildman–Crippen MR) is 83.2 cm³/mol. The van der Waals surface area contributed by atoms with E-state index in [9.17, 15) is 9.59 Å². The monoisotopic (exact) mass is 335 g/mol. The summed E-state index contributed by atoms with van der Waals surface area (Å²) in [4.78, 5) is 25.9. The van der Waals surface area contributed by atoms with Crippen molar-refractivity contribution >= 4 is 34.9 Å². The van der Waals surface area contributed by atoms with Crippen LogP contribution >= 0.6 is 23.1 Å². The maximum absolute atomic E-state index is 12.2. The minimum absolute atomic E-state index is 0.0858. The molecule has 2 aromatic heterocycles. The first-order valence-corrected chi connectivity index (χ1v) is 8.13. The zero-order valence-electron chi connectivity index (χ0n) is 12.0. The molecule has 0 aliphatic carbocycles. The molecule has 0 saturated carbocycles. The molecular weight excluding hydrogens is 322 g/mol. The number of Topliss-reactive ketones (excluding diaryl/α,β-unsaturated/α-hetero) is 1. The lowest BCUT2D eigenvalue weighted by atomic mass is 10.2. The number of nitriles is 1. The van der Waals surface area contributed by atoms with Gasteiger partial charge in [0.05, 0.1) is 12.9 Å². The predicted octanol–water partition coefficient (Wildman–Crippen LogP) is 3.82. The molecule has 0 unspecified atom stereocenters. The van der Waals surface area contributed by atoms with Gasteiger partial charge in [0.25, 0.3) is 0 Å². The summed E-state index contributed by atoms with van der Waals surface area (Å²) in [5.41, 5.74) is 0.678. The number of carbonyl (C=O) groups is 2. The average Bonchev–Trinajstić information content (AvgIpc) is 3.11. The highest BCUT2D eigenvalue weighted by Gasteiger charge is 2.23. The van der Waals surface area contributed by atoms with Crippen LogP contribution < -0.4 is 0 Å². The van der Waals surface area contributed by atoms with Crippen LogP contribution in [0, 0.1) is 17.6 Å². The van der Waals surface area contributed by atoms with Crippen molar-refractivity contribution in [2.24, 2.45) is 0 Å². The van der Waals surface area contributed by atoms with E-state index in [1.54, 1.807) is 26.0 Å². The van der Waals surface area contributed by atoms with E-state index >= 15 is 0 Å². The van der Waals surface area contributed by atoms with Crippen LogP contribution in [0.4, 0.5) is 0 Å². The van der Waals surface area contributed by atoms with Crippen LogP contribution in [-0.4, -0.2) is 18.4 Å². The second-order valence-corrected chi connectivity index (χ2v) is 6.20. The van der Waals surface area contributed by atoms with Crippen molar-refractivity contribution in [2.45, 2.75) is 25.2 Å². The van der Waals surface area contributed by atoms with Gasteiger partial charge in [-0.2, -0.15) is 5.26 Å². The molecule has 114 valence electrons. The quantitative estimate of drug-likeness (QED) is 0.345. The van der Waals surface area contributed by atoms with E-state index in [1.807, 2.05) is 5.40 Å². The highest BCUT2D eigenvalue weighted by molar-refractivity contribution is 8.04. The average molecular weight is 335 g/mol. The number of thiophene rings is 1. The molecular formula is C15H13NO4S2. The van der Waals surface area contributed by atoms with Gasteiger partial charge in [-0.05, 0) is 43.3 Å². The van der Waals surface area contributed by atoms with Gasteiger partial charge in [0.15, 0.2) is 5.76 Å². The summed E-state index contributed by atoms with van der Waals surface area (Å²) in [6, 6.07) is 3.23. The van der Waals surface area contributed by atoms with Crippen LogP contribution in [0.1, 0.15) is 37.6 Å². The number of nitrogens with zero attached hydrogens (tertiary/aromatic N) is 1. The van der Waals surface area contributed by atoms with Crippen LogP contribution in [0.25, 0.3) is 0 Å². The Balaban J connectivity index is 2.33. The number of furan rings is 1. The first-order chi connectivity index (χ1) is 10.6. The van der Waals surface area contributed by atoms with Gasteiger partial charge >= 0.3 is 5.97 Å². The maximum Gasteiger partial charge on any atom is 0.348 e. The van der Waals surface area contributed by atoms with E-state index in [4.69, 9.17) is 14.4 Å². The SMILES string of the molecule is CCOC(=O)c1sc(CC(=O)c2ccco2)c(SC#N)c1C. The van der Waals surface area contributed by atoms with Gasteiger partial charge in [0.2, 0.25) is 5.78 Å². The number of ketones is 1. The van der Waals surface area contributed by atoms with Gasteiger partial charge in [-0.1, -0.05) is 0 Å². The van der Waals surface area contributed by atoms with Gasteiger partial charge in [0, 0.05) is 16.2 Å². The van der Waals surface area contributed by atoms with Gasteiger partial charge in [-0.3, -0.25) is 4.79 Å². The van der Waals surface area contributed by atoms with Crippen LogP contribution in [0.2, 0.25) is 0 Å². The van der Waals surface area contributed by atoms with Crippen molar-refractivity contribution in [3.05, 3.63) is 39.5 Å². The lowest BCUT2D eigenvalue weighted by Gasteiger charge is -2.00. The van der Waals surface area contributed by atoms with E-state index in [0.29, 0.717) is 20.2 Å². The number of thiocyanates is 1. The van der Waals surface area contributed by atoms with E-state index in [0.717, 1.165) is 11.8 Å². The fourth-order valence-electron chi connectivity index (χ4n) is 1.92. The van der Waals surface area contributed by atoms with E-state index in [1.165, 1.54) is 17.6 Å². The number of esters is 1. The summed E-state index contributed by atoms with van der Waals surface area (Å²) in [5, 5.41) is 10.9. The summed E-state index contributed by atoms with van der Waals surface area (Å²) in [7, 11) is 0. The summed E-state index contributed by atoms with van der Waals surface area (Å²) in [6.45, 7) is 3.76. The van der Waals surface area contributed by atoms with Gasteiger partial charge in [0.1, 0.15) is 10.3 Å². The minimum atomic E-state index is -0.429. The zero-order valence-corrected chi connectivity index (χ0v) is 13.7. The molecule has 0 aromatic carbocycles. The summed E-state index contributed by atoms with van der Waals surface area (Å²) in [6.07, 6.45) is 1.52. The third-order valence-corrected chi connectivity index (χ3v) is 5.13. The van der Waals surface area contributed by atoms with Crippen molar-refractivity contribution in [1.29, 1.82) is 5.26 Å². The third-order valence-electron chi connectivity index (χ3n) is 2.89. The van der Waals surface area contributed by atoms with Crippen molar-refractivity contribution in [3.63, 3.8) is 0 Å². The van der Waals surface area contributed by atoms with Crippen LogP contribution in [-0.2, 0) is 11.2 Å². The molecule has 22 heavy (non-hydrogen) atoms. The number of hydrogen-bond acceptors (Lipinski definition) is 7. The molecule has 0 N–H and O–H groups in total. The first kappa shape index (κ1) is 16.3. The Morgan fingerprint density at radius 1 is 1.50 bits per heavy atom. The summed E-state index contributed by atoms with van der Waals surface area (Å²) >= 11 is 2.14. The fraction of sp³-hybridized carbons (Fsp3) is 0.267. The zero-order chi connectivity index (χ0) is 16.1. The van der Waals surface area contributed by atoms with Crippen LogP contribution in [0.5, 0.6) is 0 Å². The molecule has 0 bridgehead atoms. The van der Waals surface area contributed by atoms with Crippen LogP contribution in [0.15, 0.2) is 27.7 Å². The maximum atomic E-state index is 12.2. The molecule has 0 fully saturated rings. The highest BCUT2D eigenvalue weighted by Crippen LogP contribution is 2.36. The molecule has 2 rings (SSSR count). The standard InChI is InChI=1S/C15H13NO4S2/c1-3-19-15(18)14-9(2)13(21-8-16)12(22-14)7-10(17)11-5-4-6-20-11/h4-6H,3,7H2,1-2H3. The molecule has 0 spiro atoms. The van der Waals surface area contributed by atoms with Crippen LogP contribution in [0.3, 0.4) is 0 Å². The number of thioether (sulfide) groups is 1. The summed E-state index contributed by atoms with van der Waals surface area (Å²) < 4.78 is 10.1. The number of ether oxygens (including phenoxy) is 1. The molecule has 0 radical (unpaired) electrons. The Kier molecular flexibility index (Phi) is 5.41. The van der Waals surface area contributed by atoms with Gasteiger partial charge in [-0.25, -0.2) is 4.79 Å². The molecule has 7 heteroatoms. The molecule has 0 aliphatic heterocycles.